The monoisotopic (exact) mass is 213 g/mol. The molecule has 0 amide bonds. The lowest BCUT2D eigenvalue weighted by molar-refractivity contribution is 0.777. The average Bonchev–Trinajstić information content (AvgIpc) is 2.57. The standard InChI is InChI=1S/C13H15N3/c1-9(2)10-5-4-6-12-13(10)11(7-8-14)15-16(12)3/h4-6,9H,7H2,1-3H3. The largest absolute Gasteiger partial charge is 0.268 e. The molecular weight excluding hydrogens is 198 g/mol. The lowest BCUT2D eigenvalue weighted by Crippen LogP contribution is -1.91. The Hall–Kier alpha value is -1.82. The van der Waals surface area contributed by atoms with E-state index in [2.05, 4.69) is 43.2 Å². The van der Waals surface area contributed by atoms with Gasteiger partial charge in [0.15, 0.2) is 0 Å². The second-order valence-corrected chi connectivity index (χ2v) is 4.30. The minimum absolute atomic E-state index is 0.376. The van der Waals surface area contributed by atoms with Gasteiger partial charge >= 0.3 is 0 Å². The number of hydrogen-bond acceptors (Lipinski definition) is 2. The Morgan fingerprint density at radius 1 is 1.44 bits per heavy atom. The molecule has 3 heteroatoms. The molecule has 0 aliphatic carbocycles. The third-order valence-electron chi connectivity index (χ3n) is 2.85. The summed E-state index contributed by atoms with van der Waals surface area (Å²) in [5.74, 6) is 0.449. The summed E-state index contributed by atoms with van der Waals surface area (Å²) in [6.07, 6.45) is 0.376. The zero-order chi connectivity index (χ0) is 11.7. The highest BCUT2D eigenvalue weighted by molar-refractivity contribution is 5.86. The third-order valence-corrected chi connectivity index (χ3v) is 2.85. The predicted molar refractivity (Wildman–Crippen MR) is 64.1 cm³/mol. The van der Waals surface area contributed by atoms with E-state index >= 15 is 0 Å². The molecule has 0 N–H and O–H groups in total. The van der Waals surface area contributed by atoms with Crippen LogP contribution >= 0.6 is 0 Å². The first-order valence-electron chi connectivity index (χ1n) is 5.46. The van der Waals surface area contributed by atoms with Crippen LogP contribution in [0.2, 0.25) is 0 Å². The molecule has 16 heavy (non-hydrogen) atoms. The molecule has 0 atom stereocenters. The van der Waals surface area contributed by atoms with Crippen molar-refractivity contribution in [2.45, 2.75) is 26.2 Å². The maximum atomic E-state index is 8.82. The van der Waals surface area contributed by atoms with Gasteiger partial charge in [-0.25, -0.2) is 0 Å². The van der Waals surface area contributed by atoms with Gasteiger partial charge in [0.05, 0.1) is 23.7 Å². The minimum Gasteiger partial charge on any atom is -0.268 e. The number of nitriles is 1. The summed E-state index contributed by atoms with van der Waals surface area (Å²) in [5, 5.41) is 14.4. The van der Waals surface area contributed by atoms with Gasteiger partial charge in [0.2, 0.25) is 0 Å². The number of benzene rings is 1. The summed E-state index contributed by atoms with van der Waals surface area (Å²) in [4.78, 5) is 0. The number of nitrogens with zero attached hydrogens (tertiary/aromatic N) is 3. The van der Waals surface area contributed by atoms with E-state index in [9.17, 15) is 0 Å². The summed E-state index contributed by atoms with van der Waals surface area (Å²) in [7, 11) is 1.92. The second kappa shape index (κ2) is 3.97. The molecule has 0 unspecified atom stereocenters. The average molecular weight is 213 g/mol. The number of hydrogen-bond donors (Lipinski definition) is 0. The molecule has 1 aromatic heterocycles. The maximum absolute atomic E-state index is 8.82. The maximum Gasteiger partial charge on any atom is 0.0846 e. The Morgan fingerprint density at radius 3 is 2.81 bits per heavy atom. The van der Waals surface area contributed by atoms with Crippen LogP contribution in [0.5, 0.6) is 0 Å². The fraction of sp³-hybridized carbons (Fsp3) is 0.385. The Kier molecular flexibility index (Phi) is 2.66. The Labute approximate surface area is 95.3 Å². The van der Waals surface area contributed by atoms with Gasteiger partial charge in [-0.05, 0) is 17.5 Å². The smallest absolute Gasteiger partial charge is 0.0846 e. The van der Waals surface area contributed by atoms with E-state index in [4.69, 9.17) is 5.26 Å². The van der Waals surface area contributed by atoms with Crippen molar-refractivity contribution in [3.8, 4) is 6.07 Å². The minimum atomic E-state index is 0.376. The molecule has 0 radical (unpaired) electrons. The van der Waals surface area contributed by atoms with Crippen molar-refractivity contribution in [3.05, 3.63) is 29.5 Å². The molecule has 0 bridgehead atoms. The highest BCUT2D eigenvalue weighted by Gasteiger charge is 2.13. The zero-order valence-corrected chi connectivity index (χ0v) is 9.86. The number of fused-ring (bicyclic) bond motifs is 1. The molecular formula is C13H15N3. The van der Waals surface area contributed by atoms with E-state index in [1.807, 2.05) is 11.7 Å². The highest BCUT2D eigenvalue weighted by Crippen LogP contribution is 2.28. The normalized spacial score (nSPS) is 10.9. The molecule has 1 aromatic carbocycles. The first-order chi connectivity index (χ1) is 7.65. The van der Waals surface area contributed by atoms with Crippen molar-refractivity contribution in [3.63, 3.8) is 0 Å². The Balaban J connectivity index is 2.78. The molecule has 0 aliphatic heterocycles. The molecule has 2 rings (SSSR count). The van der Waals surface area contributed by atoms with Crippen molar-refractivity contribution in [2.24, 2.45) is 7.05 Å². The highest BCUT2D eigenvalue weighted by atomic mass is 15.3. The van der Waals surface area contributed by atoms with E-state index < -0.39 is 0 Å². The molecule has 0 spiro atoms. The van der Waals surface area contributed by atoms with Crippen molar-refractivity contribution in [2.75, 3.05) is 0 Å². The topological polar surface area (TPSA) is 41.6 Å². The van der Waals surface area contributed by atoms with Crippen LogP contribution in [0, 0.1) is 11.3 Å². The van der Waals surface area contributed by atoms with Crippen molar-refractivity contribution >= 4 is 10.9 Å². The van der Waals surface area contributed by atoms with E-state index in [0.29, 0.717) is 12.3 Å². The van der Waals surface area contributed by atoms with Crippen molar-refractivity contribution in [1.82, 2.24) is 9.78 Å². The molecule has 0 saturated heterocycles. The zero-order valence-electron chi connectivity index (χ0n) is 9.86. The SMILES string of the molecule is CC(C)c1cccc2c1c(CC#N)nn2C. The predicted octanol–water partition coefficient (Wildman–Crippen LogP) is 2.76. The van der Waals surface area contributed by atoms with Crippen LogP contribution in [0.4, 0.5) is 0 Å². The Morgan fingerprint density at radius 2 is 2.19 bits per heavy atom. The van der Waals surface area contributed by atoms with Gasteiger partial charge < -0.3 is 0 Å². The van der Waals surface area contributed by atoms with E-state index in [-0.39, 0.29) is 0 Å². The lowest BCUT2D eigenvalue weighted by Gasteiger charge is -2.07. The van der Waals surface area contributed by atoms with Crippen molar-refractivity contribution < 1.29 is 0 Å². The summed E-state index contributed by atoms with van der Waals surface area (Å²) in [6, 6.07) is 8.40. The van der Waals surface area contributed by atoms with Gasteiger partial charge in [-0.15, -0.1) is 0 Å². The van der Waals surface area contributed by atoms with Gasteiger partial charge in [0.25, 0.3) is 0 Å². The molecule has 82 valence electrons. The van der Waals surface area contributed by atoms with Crippen LogP contribution in [0.3, 0.4) is 0 Å². The fourth-order valence-corrected chi connectivity index (χ4v) is 2.11. The van der Waals surface area contributed by atoms with Crippen LogP contribution < -0.4 is 0 Å². The summed E-state index contributed by atoms with van der Waals surface area (Å²) < 4.78 is 1.86. The van der Waals surface area contributed by atoms with E-state index in [1.165, 1.54) is 5.56 Å². The van der Waals surface area contributed by atoms with Gasteiger partial charge in [0, 0.05) is 12.4 Å². The van der Waals surface area contributed by atoms with Crippen molar-refractivity contribution in [1.29, 1.82) is 5.26 Å². The summed E-state index contributed by atoms with van der Waals surface area (Å²) in [6.45, 7) is 4.33. The quantitative estimate of drug-likeness (QED) is 0.769. The molecule has 0 saturated carbocycles. The molecule has 2 aromatic rings. The number of aryl methyl sites for hydroxylation is 1. The first kappa shape index (κ1) is 10.7. The van der Waals surface area contributed by atoms with Crippen LogP contribution in [-0.4, -0.2) is 9.78 Å². The van der Waals surface area contributed by atoms with Crippen LogP contribution in [0.1, 0.15) is 31.0 Å². The lowest BCUT2D eigenvalue weighted by atomic mass is 9.97. The van der Waals surface area contributed by atoms with Gasteiger partial charge in [0.1, 0.15) is 0 Å². The van der Waals surface area contributed by atoms with Gasteiger partial charge in [-0.1, -0.05) is 26.0 Å². The molecule has 0 aliphatic rings. The Bertz CT molecular complexity index is 558. The third kappa shape index (κ3) is 1.57. The van der Waals surface area contributed by atoms with E-state index in [0.717, 1.165) is 16.6 Å². The van der Waals surface area contributed by atoms with E-state index in [1.54, 1.807) is 0 Å². The fourth-order valence-electron chi connectivity index (χ4n) is 2.11. The number of rotatable bonds is 2. The summed E-state index contributed by atoms with van der Waals surface area (Å²) >= 11 is 0. The molecule has 0 fully saturated rings. The first-order valence-corrected chi connectivity index (χ1v) is 5.46. The van der Waals surface area contributed by atoms with Crippen LogP contribution in [-0.2, 0) is 13.5 Å². The summed E-state index contributed by atoms with van der Waals surface area (Å²) in [5.41, 5.74) is 3.27. The number of aromatic nitrogens is 2. The van der Waals surface area contributed by atoms with Gasteiger partial charge in [-0.2, -0.15) is 10.4 Å². The van der Waals surface area contributed by atoms with Gasteiger partial charge in [-0.3, -0.25) is 4.68 Å². The molecule has 1 heterocycles. The van der Waals surface area contributed by atoms with Crippen LogP contribution in [0.25, 0.3) is 10.9 Å². The van der Waals surface area contributed by atoms with Crippen LogP contribution in [0.15, 0.2) is 18.2 Å². The second-order valence-electron chi connectivity index (χ2n) is 4.30. The molecule has 3 nitrogen and oxygen atoms in total.